The molecule has 0 fully saturated rings. The molecular formula is C13H17N3. The van der Waals surface area contributed by atoms with Gasteiger partial charge in [-0.05, 0) is 25.0 Å². The Morgan fingerprint density at radius 2 is 2.19 bits per heavy atom. The number of nitrogens with zero attached hydrogens (tertiary/aromatic N) is 1. The largest absolute Gasteiger partial charge is 0.349 e. The van der Waals surface area contributed by atoms with Crippen molar-refractivity contribution in [2.75, 3.05) is 0 Å². The maximum absolute atomic E-state index is 6.18. The monoisotopic (exact) mass is 215 g/mol. The molecule has 1 unspecified atom stereocenters. The van der Waals surface area contributed by atoms with Crippen molar-refractivity contribution in [3.63, 3.8) is 0 Å². The Morgan fingerprint density at radius 1 is 1.38 bits per heavy atom. The van der Waals surface area contributed by atoms with Gasteiger partial charge >= 0.3 is 0 Å². The lowest BCUT2D eigenvalue weighted by molar-refractivity contribution is 0.690. The number of hydrogen-bond donors (Lipinski definition) is 2. The van der Waals surface area contributed by atoms with E-state index in [2.05, 4.69) is 42.0 Å². The van der Waals surface area contributed by atoms with E-state index >= 15 is 0 Å². The van der Waals surface area contributed by atoms with Crippen LogP contribution in [0.5, 0.6) is 0 Å². The molecule has 3 nitrogen and oxygen atoms in total. The van der Waals surface area contributed by atoms with E-state index in [1.54, 1.807) is 6.20 Å². The highest BCUT2D eigenvalue weighted by Gasteiger charge is 2.10. The minimum atomic E-state index is 0.00625. The van der Waals surface area contributed by atoms with Crippen molar-refractivity contribution in [2.45, 2.75) is 26.3 Å². The summed E-state index contributed by atoms with van der Waals surface area (Å²) in [5, 5.41) is 0. The fraction of sp³-hybridized carbons (Fsp3) is 0.308. The zero-order valence-corrected chi connectivity index (χ0v) is 9.70. The predicted molar refractivity (Wildman–Crippen MR) is 65.1 cm³/mol. The van der Waals surface area contributed by atoms with Gasteiger partial charge in [0, 0.05) is 24.9 Å². The Hall–Kier alpha value is -1.61. The average molecular weight is 215 g/mol. The summed E-state index contributed by atoms with van der Waals surface area (Å²) in [5.41, 5.74) is 9.89. The van der Waals surface area contributed by atoms with Crippen LogP contribution in [0.2, 0.25) is 0 Å². The zero-order chi connectivity index (χ0) is 11.5. The summed E-state index contributed by atoms with van der Waals surface area (Å²) in [6.45, 7) is 4.19. The molecule has 3 heteroatoms. The smallest absolute Gasteiger partial charge is 0.107 e. The lowest BCUT2D eigenvalue weighted by Gasteiger charge is -2.14. The number of hydrogen-bond acceptors (Lipinski definition) is 2. The van der Waals surface area contributed by atoms with E-state index in [1.165, 1.54) is 16.7 Å². The first kappa shape index (κ1) is 10.9. The van der Waals surface area contributed by atoms with Gasteiger partial charge in [0.25, 0.3) is 0 Å². The first-order chi connectivity index (χ1) is 7.66. The second-order valence-corrected chi connectivity index (χ2v) is 4.21. The van der Waals surface area contributed by atoms with Gasteiger partial charge < -0.3 is 10.7 Å². The molecule has 0 saturated carbocycles. The van der Waals surface area contributed by atoms with Crippen LogP contribution in [-0.2, 0) is 6.42 Å². The van der Waals surface area contributed by atoms with Gasteiger partial charge in [0.1, 0.15) is 5.82 Å². The van der Waals surface area contributed by atoms with Crippen LogP contribution in [0, 0.1) is 13.8 Å². The zero-order valence-electron chi connectivity index (χ0n) is 9.70. The van der Waals surface area contributed by atoms with E-state index in [9.17, 15) is 0 Å². The lowest BCUT2D eigenvalue weighted by atomic mass is 9.97. The maximum atomic E-state index is 6.18. The first-order valence-corrected chi connectivity index (χ1v) is 5.48. The van der Waals surface area contributed by atoms with Crippen molar-refractivity contribution < 1.29 is 0 Å². The van der Waals surface area contributed by atoms with Crippen LogP contribution in [-0.4, -0.2) is 9.97 Å². The van der Waals surface area contributed by atoms with E-state index in [-0.39, 0.29) is 6.04 Å². The molecule has 16 heavy (non-hydrogen) atoms. The van der Waals surface area contributed by atoms with Gasteiger partial charge in [-0.15, -0.1) is 0 Å². The molecule has 84 valence electrons. The van der Waals surface area contributed by atoms with Gasteiger partial charge in [-0.1, -0.05) is 23.8 Å². The van der Waals surface area contributed by atoms with Crippen LogP contribution >= 0.6 is 0 Å². The third kappa shape index (κ3) is 2.31. The fourth-order valence-corrected chi connectivity index (χ4v) is 1.97. The van der Waals surface area contributed by atoms with E-state index in [4.69, 9.17) is 5.73 Å². The lowest BCUT2D eigenvalue weighted by Crippen LogP contribution is -2.15. The molecule has 0 aliphatic heterocycles. The van der Waals surface area contributed by atoms with Crippen molar-refractivity contribution in [3.05, 3.63) is 53.1 Å². The number of H-pyrrole nitrogens is 1. The van der Waals surface area contributed by atoms with Gasteiger partial charge in [-0.2, -0.15) is 0 Å². The van der Waals surface area contributed by atoms with E-state index in [1.807, 2.05) is 6.20 Å². The Balaban J connectivity index is 2.17. The Kier molecular flexibility index (Phi) is 3.06. The van der Waals surface area contributed by atoms with E-state index in [0.717, 1.165) is 12.2 Å². The molecule has 0 saturated heterocycles. The van der Waals surface area contributed by atoms with Crippen molar-refractivity contribution in [2.24, 2.45) is 5.73 Å². The molecule has 0 radical (unpaired) electrons. The molecular weight excluding hydrogens is 198 g/mol. The molecule has 0 aliphatic carbocycles. The summed E-state index contributed by atoms with van der Waals surface area (Å²) in [7, 11) is 0. The van der Waals surface area contributed by atoms with Gasteiger partial charge in [0.05, 0.1) is 0 Å². The van der Waals surface area contributed by atoms with Gasteiger partial charge in [0.15, 0.2) is 0 Å². The molecule has 0 aliphatic rings. The van der Waals surface area contributed by atoms with Crippen LogP contribution in [0.4, 0.5) is 0 Å². The summed E-state index contributed by atoms with van der Waals surface area (Å²) >= 11 is 0. The number of aryl methyl sites for hydroxylation is 2. The number of nitrogens with one attached hydrogen (secondary N) is 1. The predicted octanol–water partition coefficient (Wildman–Crippen LogP) is 2.27. The molecule has 1 atom stereocenters. The van der Waals surface area contributed by atoms with Crippen LogP contribution in [0.3, 0.4) is 0 Å². The summed E-state index contributed by atoms with van der Waals surface area (Å²) in [5.74, 6) is 0.937. The summed E-state index contributed by atoms with van der Waals surface area (Å²) < 4.78 is 0. The number of aromatic amines is 1. The average Bonchev–Trinajstić information content (AvgIpc) is 2.70. The molecule has 0 amide bonds. The van der Waals surface area contributed by atoms with Crippen LogP contribution in [0.1, 0.15) is 28.6 Å². The van der Waals surface area contributed by atoms with Crippen LogP contribution in [0.15, 0.2) is 30.6 Å². The number of aromatic nitrogens is 2. The minimum absolute atomic E-state index is 0.00625. The third-order valence-corrected chi connectivity index (χ3v) is 2.79. The molecule has 1 aromatic carbocycles. The molecule has 1 aromatic heterocycles. The fourth-order valence-electron chi connectivity index (χ4n) is 1.97. The van der Waals surface area contributed by atoms with Crippen molar-refractivity contribution >= 4 is 0 Å². The quantitative estimate of drug-likeness (QED) is 0.825. The van der Waals surface area contributed by atoms with Gasteiger partial charge in [-0.3, -0.25) is 0 Å². The van der Waals surface area contributed by atoms with Gasteiger partial charge in [0.2, 0.25) is 0 Å². The molecule has 2 aromatic rings. The molecule has 1 heterocycles. The topological polar surface area (TPSA) is 54.7 Å². The maximum Gasteiger partial charge on any atom is 0.107 e. The third-order valence-electron chi connectivity index (χ3n) is 2.79. The summed E-state index contributed by atoms with van der Waals surface area (Å²) in [6, 6.07) is 6.38. The number of imidazole rings is 1. The molecule has 0 bridgehead atoms. The first-order valence-electron chi connectivity index (χ1n) is 5.48. The van der Waals surface area contributed by atoms with Crippen molar-refractivity contribution in [1.29, 1.82) is 0 Å². The Morgan fingerprint density at radius 3 is 2.81 bits per heavy atom. The normalized spacial score (nSPS) is 12.7. The second-order valence-electron chi connectivity index (χ2n) is 4.21. The number of rotatable bonds is 3. The number of benzene rings is 1. The van der Waals surface area contributed by atoms with E-state index < -0.39 is 0 Å². The molecule has 2 rings (SSSR count). The van der Waals surface area contributed by atoms with Crippen molar-refractivity contribution in [1.82, 2.24) is 9.97 Å². The van der Waals surface area contributed by atoms with Crippen molar-refractivity contribution in [3.8, 4) is 0 Å². The standard InChI is InChI=1S/C13H17N3/c1-9-3-4-11(10(2)7-9)12(14)8-13-15-5-6-16-13/h3-7,12H,8,14H2,1-2H3,(H,15,16). The highest BCUT2D eigenvalue weighted by atomic mass is 14.9. The number of nitrogens with two attached hydrogens (primary N) is 1. The van der Waals surface area contributed by atoms with E-state index in [0.29, 0.717) is 0 Å². The highest BCUT2D eigenvalue weighted by molar-refractivity contribution is 5.33. The summed E-state index contributed by atoms with van der Waals surface area (Å²) in [6.07, 6.45) is 4.32. The Labute approximate surface area is 95.7 Å². The minimum Gasteiger partial charge on any atom is -0.349 e. The van der Waals surface area contributed by atoms with Crippen LogP contribution in [0.25, 0.3) is 0 Å². The van der Waals surface area contributed by atoms with Gasteiger partial charge in [-0.25, -0.2) is 4.98 Å². The summed E-state index contributed by atoms with van der Waals surface area (Å²) in [4.78, 5) is 7.27. The van der Waals surface area contributed by atoms with Crippen LogP contribution < -0.4 is 5.73 Å². The molecule has 3 N–H and O–H groups in total. The second kappa shape index (κ2) is 4.49. The highest BCUT2D eigenvalue weighted by Crippen LogP contribution is 2.19. The Bertz CT molecular complexity index is 460. The SMILES string of the molecule is Cc1ccc(C(N)Cc2ncc[nH]2)c(C)c1. The molecule has 0 spiro atoms.